The average molecular weight is 225 g/mol. The maximum Gasteiger partial charge on any atom is 0.314 e. The molecule has 2 saturated carbocycles. The van der Waals surface area contributed by atoms with E-state index in [1.807, 2.05) is 20.8 Å². The molecule has 3 nitrogen and oxygen atoms in total. The second kappa shape index (κ2) is 3.46. The summed E-state index contributed by atoms with van der Waals surface area (Å²) in [4.78, 5) is 12.3. The molecule has 0 atom stereocenters. The Labute approximate surface area is 97.7 Å². The molecule has 0 bridgehead atoms. The monoisotopic (exact) mass is 225 g/mol. The van der Waals surface area contributed by atoms with Crippen molar-refractivity contribution in [2.75, 3.05) is 0 Å². The van der Waals surface area contributed by atoms with E-state index in [0.717, 1.165) is 38.5 Å². The molecule has 2 aliphatic rings. The largest absolute Gasteiger partial charge is 0.459 e. The summed E-state index contributed by atoms with van der Waals surface area (Å²) < 4.78 is 5.55. The van der Waals surface area contributed by atoms with Crippen LogP contribution in [0.25, 0.3) is 0 Å². The summed E-state index contributed by atoms with van der Waals surface area (Å²) in [6.07, 6.45) is 6.05. The van der Waals surface area contributed by atoms with E-state index in [2.05, 4.69) is 0 Å². The number of ether oxygens (including phenoxy) is 1. The molecule has 2 N–H and O–H groups in total. The van der Waals surface area contributed by atoms with Crippen molar-refractivity contribution in [1.29, 1.82) is 0 Å². The molecule has 92 valence electrons. The van der Waals surface area contributed by atoms with E-state index in [0.29, 0.717) is 0 Å². The van der Waals surface area contributed by atoms with Crippen LogP contribution in [0.1, 0.15) is 59.3 Å². The van der Waals surface area contributed by atoms with E-state index >= 15 is 0 Å². The Kier molecular flexibility index (Phi) is 2.57. The summed E-state index contributed by atoms with van der Waals surface area (Å²) in [5.74, 6) is -0.0616. The van der Waals surface area contributed by atoms with Crippen LogP contribution >= 0.6 is 0 Å². The van der Waals surface area contributed by atoms with Gasteiger partial charge in [0.25, 0.3) is 0 Å². The topological polar surface area (TPSA) is 52.3 Å². The van der Waals surface area contributed by atoms with Crippen LogP contribution in [-0.2, 0) is 9.53 Å². The molecular formula is C13H23NO2. The van der Waals surface area contributed by atoms with Crippen LogP contribution < -0.4 is 5.73 Å². The fourth-order valence-corrected chi connectivity index (χ4v) is 2.85. The van der Waals surface area contributed by atoms with E-state index in [1.54, 1.807) is 0 Å². The standard InChI is InChI=1S/C13H23NO2/c1-11(2,3)16-10(15)12(6-4-7-12)13(14)8-5-9-13/h4-9,14H2,1-3H3. The zero-order valence-corrected chi connectivity index (χ0v) is 10.6. The molecule has 2 fully saturated rings. The van der Waals surface area contributed by atoms with Gasteiger partial charge in [0.1, 0.15) is 5.60 Å². The first kappa shape index (κ1) is 11.9. The summed E-state index contributed by atoms with van der Waals surface area (Å²) >= 11 is 0. The predicted molar refractivity (Wildman–Crippen MR) is 62.9 cm³/mol. The number of hydrogen-bond acceptors (Lipinski definition) is 3. The Morgan fingerprint density at radius 1 is 1.12 bits per heavy atom. The van der Waals surface area contributed by atoms with Crippen LogP contribution in [0.5, 0.6) is 0 Å². The molecule has 16 heavy (non-hydrogen) atoms. The Morgan fingerprint density at radius 2 is 1.62 bits per heavy atom. The van der Waals surface area contributed by atoms with E-state index in [1.165, 1.54) is 0 Å². The molecule has 0 spiro atoms. The zero-order chi connectivity index (χ0) is 12.0. The van der Waals surface area contributed by atoms with Gasteiger partial charge in [-0.1, -0.05) is 6.42 Å². The average Bonchev–Trinajstić information content (AvgIpc) is 1.94. The van der Waals surface area contributed by atoms with E-state index in [-0.39, 0.29) is 16.9 Å². The summed E-state index contributed by atoms with van der Waals surface area (Å²) in [6, 6.07) is 0. The van der Waals surface area contributed by atoms with Gasteiger partial charge in [0.2, 0.25) is 0 Å². The van der Waals surface area contributed by atoms with Crippen LogP contribution in [0.4, 0.5) is 0 Å². The molecule has 0 aromatic heterocycles. The molecule has 0 heterocycles. The summed E-state index contributed by atoms with van der Waals surface area (Å²) in [5, 5.41) is 0. The molecule has 0 saturated heterocycles. The highest BCUT2D eigenvalue weighted by atomic mass is 16.6. The number of hydrogen-bond donors (Lipinski definition) is 1. The Bertz CT molecular complexity index is 296. The van der Waals surface area contributed by atoms with Crippen LogP contribution in [0, 0.1) is 5.41 Å². The quantitative estimate of drug-likeness (QED) is 0.734. The van der Waals surface area contributed by atoms with Gasteiger partial charge in [-0.3, -0.25) is 4.79 Å². The molecule has 0 radical (unpaired) electrons. The third-order valence-electron chi connectivity index (χ3n) is 4.20. The molecule has 0 aromatic carbocycles. The molecule has 0 unspecified atom stereocenters. The Hall–Kier alpha value is -0.570. The van der Waals surface area contributed by atoms with E-state index < -0.39 is 5.60 Å². The maximum atomic E-state index is 12.3. The lowest BCUT2D eigenvalue weighted by molar-refractivity contribution is -0.184. The van der Waals surface area contributed by atoms with Crippen molar-refractivity contribution in [1.82, 2.24) is 0 Å². The first-order valence-corrected chi connectivity index (χ1v) is 6.32. The van der Waals surface area contributed by atoms with Crippen molar-refractivity contribution in [3.63, 3.8) is 0 Å². The molecule has 0 amide bonds. The number of esters is 1. The normalized spacial score (nSPS) is 26.5. The summed E-state index contributed by atoms with van der Waals surface area (Å²) in [5.41, 5.74) is 5.33. The second-order valence-corrected chi connectivity index (χ2v) is 6.45. The highest BCUT2D eigenvalue weighted by molar-refractivity contribution is 5.80. The molecule has 3 heteroatoms. The van der Waals surface area contributed by atoms with Crippen LogP contribution in [-0.4, -0.2) is 17.1 Å². The third kappa shape index (κ3) is 1.65. The highest BCUT2D eigenvalue weighted by Gasteiger charge is 2.61. The van der Waals surface area contributed by atoms with Gasteiger partial charge in [0.05, 0.1) is 5.41 Å². The van der Waals surface area contributed by atoms with Gasteiger partial charge >= 0.3 is 5.97 Å². The van der Waals surface area contributed by atoms with Gasteiger partial charge in [-0.2, -0.15) is 0 Å². The van der Waals surface area contributed by atoms with Gasteiger partial charge in [0, 0.05) is 5.54 Å². The van der Waals surface area contributed by atoms with E-state index in [4.69, 9.17) is 10.5 Å². The van der Waals surface area contributed by atoms with Crippen molar-refractivity contribution in [3.05, 3.63) is 0 Å². The minimum absolute atomic E-state index is 0.0616. The zero-order valence-electron chi connectivity index (χ0n) is 10.6. The fourth-order valence-electron chi connectivity index (χ4n) is 2.85. The molecule has 0 aromatic rings. The number of rotatable bonds is 2. The smallest absolute Gasteiger partial charge is 0.314 e. The van der Waals surface area contributed by atoms with Crippen molar-refractivity contribution >= 4 is 5.97 Å². The van der Waals surface area contributed by atoms with Crippen LogP contribution in [0.15, 0.2) is 0 Å². The minimum atomic E-state index is -0.403. The van der Waals surface area contributed by atoms with Gasteiger partial charge in [-0.15, -0.1) is 0 Å². The SMILES string of the molecule is CC(C)(C)OC(=O)C1(C2(N)CCC2)CCC1. The lowest BCUT2D eigenvalue weighted by Crippen LogP contribution is -2.66. The van der Waals surface area contributed by atoms with Crippen LogP contribution in [0.3, 0.4) is 0 Å². The van der Waals surface area contributed by atoms with Gasteiger partial charge in [-0.05, 0) is 52.9 Å². The lowest BCUT2D eigenvalue weighted by Gasteiger charge is -2.57. The molecule has 2 aliphatic carbocycles. The molecule has 0 aliphatic heterocycles. The first-order valence-electron chi connectivity index (χ1n) is 6.32. The first-order chi connectivity index (χ1) is 7.29. The number of carbonyl (C=O) groups excluding carboxylic acids is 1. The highest BCUT2D eigenvalue weighted by Crippen LogP contribution is 2.56. The molecule has 2 rings (SSSR count). The van der Waals surface area contributed by atoms with Gasteiger partial charge in [0.15, 0.2) is 0 Å². The maximum absolute atomic E-state index is 12.3. The minimum Gasteiger partial charge on any atom is -0.459 e. The van der Waals surface area contributed by atoms with Crippen molar-refractivity contribution < 1.29 is 9.53 Å². The third-order valence-corrected chi connectivity index (χ3v) is 4.20. The van der Waals surface area contributed by atoms with Crippen LogP contribution in [0.2, 0.25) is 0 Å². The number of nitrogens with two attached hydrogens (primary N) is 1. The Morgan fingerprint density at radius 3 is 1.88 bits per heavy atom. The van der Waals surface area contributed by atoms with Crippen molar-refractivity contribution in [3.8, 4) is 0 Å². The summed E-state index contributed by atoms with van der Waals surface area (Å²) in [6.45, 7) is 5.75. The Balaban J connectivity index is 2.13. The number of carbonyl (C=O) groups is 1. The van der Waals surface area contributed by atoms with Crippen molar-refractivity contribution in [2.45, 2.75) is 70.4 Å². The lowest BCUT2D eigenvalue weighted by atomic mass is 9.50. The second-order valence-electron chi connectivity index (χ2n) is 6.45. The van der Waals surface area contributed by atoms with Crippen molar-refractivity contribution in [2.24, 2.45) is 11.1 Å². The van der Waals surface area contributed by atoms with Gasteiger partial charge in [-0.25, -0.2) is 0 Å². The van der Waals surface area contributed by atoms with E-state index in [9.17, 15) is 4.79 Å². The predicted octanol–water partition coefficient (Wildman–Crippen LogP) is 2.38. The van der Waals surface area contributed by atoms with Gasteiger partial charge < -0.3 is 10.5 Å². The molecular weight excluding hydrogens is 202 g/mol. The fraction of sp³-hybridized carbons (Fsp3) is 0.923. The summed E-state index contributed by atoms with van der Waals surface area (Å²) in [7, 11) is 0.